The number of pyridine rings is 1. The van der Waals surface area contributed by atoms with Gasteiger partial charge < -0.3 is 15.4 Å². The lowest BCUT2D eigenvalue weighted by atomic mass is 10.2. The Morgan fingerprint density at radius 2 is 1.81 bits per heavy atom. The van der Waals surface area contributed by atoms with Crippen molar-refractivity contribution in [1.29, 1.82) is 0 Å². The van der Waals surface area contributed by atoms with Crippen molar-refractivity contribution in [2.75, 3.05) is 43.4 Å². The zero-order chi connectivity index (χ0) is 15.4. The smallest absolute Gasteiger partial charge is 0.239 e. The van der Waals surface area contributed by atoms with E-state index in [0.29, 0.717) is 11.6 Å². The molecule has 1 saturated heterocycles. The Hall–Kier alpha value is -1.49. The molecule has 1 aromatic heterocycles. The summed E-state index contributed by atoms with van der Waals surface area (Å²) < 4.78 is 5.68. The molecular weight excluding hydrogens is 264 g/mol. The zero-order valence-corrected chi connectivity index (χ0v) is 13.7. The second-order valence-corrected chi connectivity index (χ2v) is 6.41. The molecule has 0 aliphatic carbocycles. The van der Waals surface area contributed by atoms with Crippen molar-refractivity contribution in [3.8, 4) is 5.88 Å². The van der Waals surface area contributed by atoms with E-state index in [-0.39, 0.29) is 6.10 Å². The average Bonchev–Trinajstić information content (AvgIpc) is 2.41. The van der Waals surface area contributed by atoms with Crippen LogP contribution in [0.5, 0.6) is 5.88 Å². The van der Waals surface area contributed by atoms with Crippen molar-refractivity contribution in [2.45, 2.75) is 33.8 Å². The minimum Gasteiger partial charge on any atom is -0.473 e. The van der Waals surface area contributed by atoms with Crippen LogP contribution in [0.3, 0.4) is 0 Å². The van der Waals surface area contributed by atoms with E-state index < -0.39 is 0 Å². The van der Waals surface area contributed by atoms with Crippen LogP contribution in [0.1, 0.15) is 27.7 Å². The van der Waals surface area contributed by atoms with Gasteiger partial charge in [-0.2, -0.15) is 4.98 Å². The molecule has 0 spiro atoms. The number of hydrogen-bond donors (Lipinski definition) is 1. The highest BCUT2D eigenvalue weighted by Crippen LogP contribution is 2.24. The fourth-order valence-corrected chi connectivity index (χ4v) is 2.61. The van der Waals surface area contributed by atoms with Gasteiger partial charge in [0.2, 0.25) is 5.88 Å². The van der Waals surface area contributed by atoms with Gasteiger partial charge in [0, 0.05) is 32.7 Å². The van der Waals surface area contributed by atoms with Gasteiger partial charge in [-0.1, -0.05) is 13.8 Å². The highest BCUT2D eigenvalue weighted by atomic mass is 16.5. The number of aromatic nitrogens is 1. The van der Waals surface area contributed by atoms with E-state index in [1.165, 1.54) is 6.54 Å². The van der Waals surface area contributed by atoms with Gasteiger partial charge in [0.1, 0.15) is 5.82 Å². The molecule has 5 heteroatoms. The molecule has 5 nitrogen and oxygen atoms in total. The van der Waals surface area contributed by atoms with Crippen molar-refractivity contribution in [1.82, 2.24) is 9.88 Å². The predicted octanol–water partition coefficient (Wildman–Crippen LogP) is 2.23. The lowest BCUT2D eigenvalue weighted by Crippen LogP contribution is -2.47. The molecular formula is C16H28N4O. The van der Waals surface area contributed by atoms with E-state index in [2.05, 4.69) is 28.6 Å². The van der Waals surface area contributed by atoms with Gasteiger partial charge in [0.05, 0.1) is 11.8 Å². The molecule has 2 N–H and O–H groups in total. The van der Waals surface area contributed by atoms with Crippen LogP contribution >= 0.6 is 0 Å². The molecule has 0 aromatic carbocycles. The second kappa shape index (κ2) is 6.98. The Balaban J connectivity index is 2.00. The molecule has 1 fully saturated rings. The highest BCUT2D eigenvalue weighted by molar-refractivity contribution is 5.54. The summed E-state index contributed by atoms with van der Waals surface area (Å²) in [6.45, 7) is 13.9. The van der Waals surface area contributed by atoms with Crippen molar-refractivity contribution in [2.24, 2.45) is 5.92 Å². The molecule has 0 saturated carbocycles. The topological polar surface area (TPSA) is 54.6 Å². The second-order valence-electron chi connectivity index (χ2n) is 6.41. The molecule has 0 atom stereocenters. The number of anilines is 2. The molecule has 2 rings (SSSR count). The van der Waals surface area contributed by atoms with Gasteiger partial charge >= 0.3 is 0 Å². The van der Waals surface area contributed by atoms with Crippen molar-refractivity contribution >= 4 is 11.5 Å². The van der Waals surface area contributed by atoms with Gasteiger partial charge in [-0.3, -0.25) is 4.90 Å². The van der Waals surface area contributed by atoms with Crippen LogP contribution in [0.15, 0.2) is 12.1 Å². The fraction of sp³-hybridized carbons (Fsp3) is 0.688. The summed E-state index contributed by atoms with van der Waals surface area (Å²) in [7, 11) is 0. The summed E-state index contributed by atoms with van der Waals surface area (Å²) in [6.07, 6.45) is 0.0814. The molecule has 21 heavy (non-hydrogen) atoms. The Morgan fingerprint density at radius 1 is 1.14 bits per heavy atom. The quantitative estimate of drug-likeness (QED) is 0.902. The van der Waals surface area contributed by atoms with Crippen molar-refractivity contribution in [3.05, 3.63) is 12.1 Å². The molecule has 0 radical (unpaired) electrons. The number of rotatable bonds is 5. The van der Waals surface area contributed by atoms with Gasteiger partial charge in [0.15, 0.2) is 0 Å². The molecule has 2 heterocycles. The van der Waals surface area contributed by atoms with Gasteiger partial charge in [-0.15, -0.1) is 0 Å². The van der Waals surface area contributed by atoms with Crippen LogP contribution in [0.25, 0.3) is 0 Å². The maximum atomic E-state index is 5.93. The molecule has 1 aliphatic heterocycles. The first-order valence-corrected chi connectivity index (χ1v) is 7.86. The summed E-state index contributed by atoms with van der Waals surface area (Å²) in [4.78, 5) is 9.41. The molecule has 0 bridgehead atoms. The summed E-state index contributed by atoms with van der Waals surface area (Å²) >= 11 is 0. The predicted molar refractivity (Wildman–Crippen MR) is 87.9 cm³/mol. The zero-order valence-electron chi connectivity index (χ0n) is 13.7. The molecule has 0 unspecified atom stereocenters. The Bertz CT molecular complexity index is 454. The number of piperazine rings is 1. The van der Waals surface area contributed by atoms with Crippen molar-refractivity contribution < 1.29 is 4.74 Å². The molecule has 0 amide bonds. The molecule has 118 valence electrons. The maximum absolute atomic E-state index is 5.93. The van der Waals surface area contributed by atoms with Crippen LogP contribution in [0.2, 0.25) is 0 Å². The lowest BCUT2D eigenvalue weighted by Gasteiger charge is -2.36. The third kappa shape index (κ3) is 4.49. The molecule has 1 aromatic rings. The van der Waals surface area contributed by atoms with E-state index in [1.807, 2.05) is 26.0 Å². The van der Waals surface area contributed by atoms with E-state index >= 15 is 0 Å². The number of nitrogen functional groups attached to an aromatic ring is 1. The Kier molecular flexibility index (Phi) is 5.28. The van der Waals surface area contributed by atoms with Crippen molar-refractivity contribution in [3.63, 3.8) is 0 Å². The first-order chi connectivity index (χ1) is 9.95. The minimum atomic E-state index is 0.0814. The van der Waals surface area contributed by atoms with E-state index in [1.54, 1.807) is 0 Å². The number of hydrogen-bond acceptors (Lipinski definition) is 5. The van der Waals surface area contributed by atoms with Crippen LogP contribution in [-0.4, -0.2) is 48.7 Å². The maximum Gasteiger partial charge on any atom is 0.239 e. The van der Waals surface area contributed by atoms with Crippen LogP contribution < -0.4 is 15.4 Å². The van der Waals surface area contributed by atoms with Crippen LogP contribution in [0.4, 0.5) is 11.5 Å². The standard InChI is InChI=1S/C16H28N4O/c1-12(2)11-19-7-9-20(10-8-19)15-6-5-14(17)16(18-15)21-13(3)4/h5-6,12-13H,7-11,17H2,1-4H3. The Morgan fingerprint density at radius 3 is 2.38 bits per heavy atom. The Labute approximate surface area is 128 Å². The van der Waals surface area contributed by atoms with E-state index in [0.717, 1.165) is 37.9 Å². The minimum absolute atomic E-state index is 0.0814. The fourth-order valence-electron chi connectivity index (χ4n) is 2.61. The normalized spacial score (nSPS) is 16.8. The third-order valence-electron chi connectivity index (χ3n) is 3.54. The average molecular weight is 292 g/mol. The SMILES string of the molecule is CC(C)CN1CCN(c2ccc(N)c(OC(C)C)n2)CC1. The van der Waals surface area contributed by atoms with Gasteiger partial charge in [-0.25, -0.2) is 0 Å². The van der Waals surface area contributed by atoms with E-state index in [9.17, 15) is 0 Å². The monoisotopic (exact) mass is 292 g/mol. The first kappa shape index (κ1) is 15.9. The number of ether oxygens (including phenoxy) is 1. The van der Waals surface area contributed by atoms with E-state index in [4.69, 9.17) is 10.5 Å². The number of nitrogens with two attached hydrogens (primary N) is 1. The summed E-state index contributed by atoms with van der Waals surface area (Å²) in [5, 5.41) is 0. The highest BCUT2D eigenvalue weighted by Gasteiger charge is 2.19. The van der Waals surface area contributed by atoms with Crippen LogP contribution in [0, 0.1) is 5.92 Å². The lowest BCUT2D eigenvalue weighted by molar-refractivity contribution is 0.227. The first-order valence-electron chi connectivity index (χ1n) is 7.86. The largest absolute Gasteiger partial charge is 0.473 e. The third-order valence-corrected chi connectivity index (χ3v) is 3.54. The van der Waals surface area contributed by atoms with Gasteiger partial charge in [0.25, 0.3) is 0 Å². The summed E-state index contributed by atoms with van der Waals surface area (Å²) in [6, 6.07) is 3.88. The molecule has 1 aliphatic rings. The summed E-state index contributed by atoms with van der Waals surface area (Å²) in [5.41, 5.74) is 6.53. The van der Waals surface area contributed by atoms with Crippen LogP contribution in [-0.2, 0) is 0 Å². The van der Waals surface area contributed by atoms with Gasteiger partial charge in [-0.05, 0) is 31.9 Å². The summed E-state index contributed by atoms with van der Waals surface area (Å²) in [5.74, 6) is 2.23. The number of nitrogens with zero attached hydrogens (tertiary/aromatic N) is 3.